The van der Waals surface area contributed by atoms with Gasteiger partial charge in [-0.2, -0.15) is 0 Å². The molecule has 2 aromatic heterocycles. The summed E-state index contributed by atoms with van der Waals surface area (Å²) in [6.45, 7) is 4.00. The quantitative estimate of drug-likeness (QED) is 0.455. The summed E-state index contributed by atoms with van der Waals surface area (Å²) in [7, 11) is 0. The van der Waals surface area contributed by atoms with E-state index in [1.165, 1.54) is 11.8 Å². The third-order valence-corrected chi connectivity index (χ3v) is 5.62. The van der Waals surface area contributed by atoms with Gasteiger partial charge in [0.15, 0.2) is 5.82 Å². The molecule has 0 bridgehead atoms. The molecule has 6 nitrogen and oxygen atoms in total. The molecule has 0 radical (unpaired) electrons. The van der Waals surface area contributed by atoms with Crippen molar-refractivity contribution in [2.75, 3.05) is 11.1 Å². The SMILES string of the molecule is Cc1ccc(C)c(NC(=O)CSc2nnc(Cc3ccccc3)n2-n2cccc2)c1. The second kappa shape index (κ2) is 9.00. The second-order valence-corrected chi connectivity index (χ2v) is 8.03. The van der Waals surface area contributed by atoms with Crippen molar-refractivity contribution in [3.05, 3.63) is 95.6 Å². The van der Waals surface area contributed by atoms with Crippen LogP contribution in [0, 0.1) is 13.8 Å². The number of carbonyl (C=O) groups is 1. The summed E-state index contributed by atoms with van der Waals surface area (Å²) in [4.78, 5) is 12.5. The fraction of sp³-hybridized carbons (Fsp3) is 0.174. The zero-order valence-electron chi connectivity index (χ0n) is 16.9. The van der Waals surface area contributed by atoms with Crippen LogP contribution in [0.4, 0.5) is 5.69 Å². The maximum atomic E-state index is 12.5. The first-order chi connectivity index (χ1) is 14.6. The van der Waals surface area contributed by atoms with Crippen LogP contribution in [0.2, 0.25) is 0 Å². The first kappa shape index (κ1) is 20.0. The summed E-state index contributed by atoms with van der Waals surface area (Å²) in [5, 5.41) is 12.4. The summed E-state index contributed by atoms with van der Waals surface area (Å²) in [6, 6.07) is 20.1. The number of thioether (sulfide) groups is 1. The molecule has 0 unspecified atom stereocenters. The van der Waals surface area contributed by atoms with Crippen molar-refractivity contribution in [1.82, 2.24) is 19.5 Å². The minimum atomic E-state index is -0.0691. The molecule has 0 saturated carbocycles. The van der Waals surface area contributed by atoms with Crippen molar-refractivity contribution in [2.45, 2.75) is 25.4 Å². The van der Waals surface area contributed by atoms with Crippen molar-refractivity contribution in [1.29, 1.82) is 0 Å². The highest BCUT2D eigenvalue weighted by Gasteiger charge is 2.16. The minimum Gasteiger partial charge on any atom is -0.325 e. The fourth-order valence-corrected chi connectivity index (χ4v) is 3.90. The van der Waals surface area contributed by atoms with Gasteiger partial charge in [0.1, 0.15) is 0 Å². The number of anilines is 1. The van der Waals surface area contributed by atoms with Crippen molar-refractivity contribution in [3.63, 3.8) is 0 Å². The summed E-state index contributed by atoms with van der Waals surface area (Å²) >= 11 is 1.37. The number of benzene rings is 2. The number of nitrogens with zero attached hydrogens (tertiary/aromatic N) is 4. The van der Waals surface area contributed by atoms with E-state index in [0.717, 1.165) is 28.2 Å². The molecular weight excluding hydrogens is 394 g/mol. The van der Waals surface area contributed by atoms with E-state index < -0.39 is 0 Å². The molecule has 2 heterocycles. The molecule has 0 aliphatic carbocycles. The zero-order valence-corrected chi connectivity index (χ0v) is 17.8. The Balaban J connectivity index is 1.51. The molecule has 4 aromatic rings. The van der Waals surface area contributed by atoms with E-state index in [0.29, 0.717) is 11.6 Å². The number of carbonyl (C=O) groups excluding carboxylic acids is 1. The average Bonchev–Trinajstić information content (AvgIpc) is 3.40. The van der Waals surface area contributed by atoms with Gasteiger partial charge in [-0.15, -0.1) is 10.2 Å². The highest BCUT2D eigenvalue weighted by atomic mass is 32.2. The topological polar surface area (TPSA) is 64.7 Å². The fourth-order valence-electron chi connectivity index (χ4n) is 3.15. The van der Waals surface area contributed by atoms with Crippen LogP contribution in [0.3, 0.4) is 0 Å². The Morgan fingerprint density at radius 3 is 2.53 bits per heavy atom. The molecule has 0 aliphatic rings. The monoisotopic (exact) mass is 417 g/mol. The van der Waals surface area contributed by atoms with Crippen LogP contribution in [-0.2, 0) is 11.2 Å². The number of aryl methyl sites for hydroxylation is 2. The maximum Gasteiger partial charge on any atom is 0.234 e. The van der Waals surface area contributed by atoms with Crippen molar-refractivity contribution >= 4 is 23.4 Å². The predicted octanol–water partition coefficient (Wildman–Crippen LogP) is 4.33. The molecule has 0 atom stereocenters. The highest BCUT2D eigenvalue weighted by Crippen LogP contribution is 2.21. The van der Waals surface area contributed by atoms with E-state index in [-0.39, 0.29) is 11.7 Å². The third-order valence-electron chi connectivity index (χ3n) is 4.70. The highest BCUT2D eigenvalue weighted by molar-refractivity contribution is 7.99. The minimum absolute atomic E-state index is 0.0691. The van der Waals surface area contributed by atoms with E-state index in [1.807, 2.05) is 84.1 Å². The number of hydrogen-bond donors (Lipinski definition) is 1. The number of nitrogens with one attached hydrogen (secondary N) is 1. The van der Waals surface area contributed by atoms with Crippen LogP contribution < -0.4 is 5.32 Å². The molecule has 0 spiro atoms. The second-order valence-electron chi connectivity index (χ2n) is 7.09. The maximum absolute atomic E-state index is 12.5. The number of hydrogen-bond acceptors (Lipinski definition) is 4. The van der Waals surface area contributed by atoms with Crippen LogP contribution in [0.25, 0.3) is 0 Å². The standard InChI is InChI=1S/C23H23N5OS/c1-17-10-11-18(2)20(14-17)24-22(29)16-30-23-26-25-21(15-19-8-4-3-5-9-19)28(23)27-12-6-7-13-27/h3-14H,15-16H2,1-2H3,(H,24,29). The largest absolute Gasteiger partial charge is 0.325 e. The predicted molar refractivity (Wildman–Crippen MR) is 120 cm³/mol. The van der Waals surface area contributed by atoms with Gasteiger partial charge in [0.2, 0.25) is 11.1 Å². The van der Waals surface area contributed by atoms with Crippen molar-refractivity contribution < 1.29 is 4.79 Å². The van der Waals surface area contributed by atoms with Crippen LogP contribution >= 0.6 is 11.8 Å². The van der Waals surface area contributed by atoms with Gasteiger partial charge in [0, 0.05) is 24.5 Å². The molecular formula is C23H23N5OS. The summed E-state index contributed by atoms with van der Waals surface area (Å²) in [5.74, 6) is 0.994. The Bertz CT molecular complexity index is 1140. The summed E-state index contributed by atoms with van der Waals surface area (Å²) in [6.07, 6.45) is 4.54. The smallest absolute Gasteiger partial charge is 0.234 e. The van der Waals surface area contributed by atoms with Crippen LogP contribution in [0.5, 0.6) is 0 Å². The van der Waals surface area contributed by atoms with E-state index >= 15 is 0 Å². The van der Waals surface area contributed by atoms with Gasteiger partial charge in [-0.05, 0) is 48.7 Å². The molecule has 4 rings (SSSR count). The van der Waals surface area contributed by atoms with Crippen molar-refractivity contribution in [2.24, 2.45) is 0 Å². The van der Waals surface area contributed by atoms with Crippen LogP contribution in [0.15, 0.2) is 78.2 Å². The molecule has 0 fully saturated rings. The Kier molecular flexibility index (Phi) is 5.99. The Morgan fingerprint density at radius 1 is 1.00 bits per heavy atom. The number of rotatable bonds is 7. The van der Waals surface area contributed by atoms with Gasteiger partial charge in [0.25, 0.3) is 0 Å². The Hall–Kier alpha value is -3.32. The lowest BCUT2D eigenvalue weighted by Crippen LogP contribution is -2.17. The number of amides is 1. The molecule has 7 heteroatoms. The van der Waals surface area contributed by atoms with E-state index in [4.69, 9.17) is 0 Å². The molecule has 152 valence electrons. The van der Waals surface area contributed by atoms with Crippen LogP contribution in [0.1, 0.15) is 22.5 Å². The lowest BCUT2D eigenvalue weighted by atomic mass is 10.1. The molecule has 1 amide bonds. The van der Waals surface area contributed by atoms with Gasteiger partial charge in [-0.1, -0.05) is 54.2 Å². The van der Waals surface area contributed by atoms with Gasteiger partial charge < -0.3 is 5.32 Å². The first-order valence-corrected chi connectivity index (χ1v) is 10.7. The zero-order chi connectivity index (χ0) is 20.9. The molecule has 2 aromatic carbocycles. The first-order valence-electron chi connectivity index (χ1n) is 9.72. The Labute approximate surface area is 179 Å². The van der Waals surface area contributed by atoms with Gasteiger partial charge >= 0.3 is 0 Å². The van der Waals surface area contributed by atoms with E-state index in [1.54, 1.807) is 0 Å². The van der Waals surface area contributed by atoms with E-state index in [2.05, 4.69) is 27.6 Å². The molecule has 0 saturated heterocycles. The summed E-state index contributed by atoms with van der Waals surface area (Å²) in [5.41, 5.74) is 4.15. The molecule has 1 N–H and O–H groups in total. The lowest BCUT2D eigenvalue weighted by Gasteiger charge is -2.12. The third kappa shape index (κ3) is 4.63. The number of aromatic nitrogens is 4. The summed E-state index contributed by atoms with van der Waals surface area (Å²) < 4.78 is 3.88. The molecule has 0 aliphatic heterocycles. The Morgan fingerprint density at radius 2 is 1.77 bits per heavy atom. The molecule has 30 heavy (non-hydrogen) atoms. The van der Waals surface area contributed by atoms with Gasteiger partial charge in [-0.3, -0.25) is 9.47 Å². The van der Waals surface area contributed by atoms with Gasteiger partial charge in [-0.25, -0.2) is 4.68 Å². The van der Waals surface area contributed by atoms with Crippen molar-refractivity contribution in [3.8, 4) is 0 Å². The average molecular weight is 418 g/mol. The normalized spacial score (nSPS) is 10.9. The van der Waals surface area contributed by atoms with E-state index in [9.17, 15) is 4.79 Å². The van der Waals surface area contributed by atoms with Gasteiger partial charge in [0.05, 0.1) is 5.75 Å². The van der Waals surface area contributed by atoms with Crippen LogP contribution in [-0.4, -0.2) is 31.2 Å². The lowest BCUT2D eigenvalue weighted by molar-refractivity contribution is -0.113.